The molecule has 0 aromatic carbocycles. The van der Waals surface area contributed by atoms with Crippen LogP contribution in [-0.4, -0.2) is 46.1 Å². The molecule has 0 heterocycles. The van der Waals surface area contributed by atoms with Crippen LogP contribution in [0.1, 0.15) is 168 Å². The van der Waals surface area contributed by atoms with Crippen molar-refractivity contribution in [3.8, 4) is 0 Å². The quantitative estimate of drug-likeness (QED) is 0.0478. The summed E-state index contributed by atoms with van der Waals surface area (Å²) >= 11 is 0. The predicted octanol–water partition coefficient (Wildman–Crippen LogP) is 9.26. The molecule has 0 saturated heterocycles. The number of nitrogens with one attached hydrogen (secondary N) is 1. The average Bonchev–Trinajstić information content (AvgIpc) is 2.98. The third-order valence-corrected chi connectivity index (χ3v) is 7.90. The molecule has 246 valence electrons. The second kappa shape index (κ2) is 32.5. The van der Waals surface area contributed by atoms with Crippen LogP contribution in [-0.2, 0) is 4.79 Å². The van der Waals surface area contributed by atoms with Crippen LogP contribution in [0.2, 0.25) is 0 Å². The summed E-state index contributed by atoms with van der Waals surface area (Å²) in [5, 5.41) is 32.9. The molecule has 0 bridgehead atoms. The zero-order chi connectivity index (χ0) is 30.9. The smallest absolute Gasteiger partial charge is 0.222 e. The SMILES string of the molecule is CCCC/C=C\CCCCCC(O)CC(=O)NC(CO)C(O)/C=C/CC/C=C/CCCCCCCCCCCCCC. The molecule has 0 radical (unpaired) electrons. The summed E-state index contributed by atoms with van der Waals surface area (Å²) in [5.41, 5.74) is 0. The lowest BCUT2D eigenvalue weighted by Gasteiger charge is -2.20. The molecule has 0 aromatic rings. The van der Waals surface area contributed by atoms with Crippen molar-refractivity contribution in [1.29, 1.82) is 0 Å². The van der Waals surface area contributed by atoms with E-state index in [2.05, 4.69) is 43.5 Å². The van der Waals surface area contributed by atoms with Gasteiger partial charge in [-0.3, -0.25) is 4.79 Å². The van der Waals surface area contributed by atoms with Gasteiger partial charge in [0.2, 0.25) is 5.91 Å². The zero-order valence-electron chi connectivity index (χ0n) is 27.6. The first-order chi connectivity index (χ1) is 20.5. The Kier molecular flexibility index (Phi) is 31.4. The molecule has 0 spiro atoms. The van der Waals surface area contributed by atoms with Gasteiger partial charge in [-0.1, -0.05) is 147 Å². The number of aliphatic hydroxyl groups excluding tert-OH is 3. The predicted molar refractivity (Wildman–Crippen MR) is 181 cm³/mol. The number of allylic oxidation sites excluding steroid dienone is 5. The van der Waals surface area contributed by atoms with E-state index in [1.165, 1.54) is 89.9 Å². The van der Waals surface area contributed by atoms with Crippen molar-refractivity contribution in [2.45, 2.75) is 186 Å². The summed E-state index contributed by atoms with van der Waals surface area (Å²) in [6.45, 7) is 4.12. The molecule has 3 unspecified atom stereocenters. The highest BCUT2D eigenvalue weighted by molar-refractivity contribution is 5.76. The van der Waals surface area contributed by atoms with E-state index in [0.29, 0.717) is 6.42 Å². The molecule has 5 nitrogen and oxygen atoms in total. The number of carbonyl (C=O) groups is 1. The maximum atomic E-state index is 12.3. The summed E-state index contributed by atoms with van der Waals surface area (Å²) < 4.78 is 0. The normalized spacial score (nSPS) is 14.3. The number of carbonyl (C=O) groups excluding carboxylic acids is 1. The Labute approximate surface area is 260 Å². The first kappa shape index (κ1) is 40.6. The number of aliphatic hydroxyl groups is 3. The Bertz CT molecular complexity index is 660. The minimum absolute atomic E-state index is 0.00611. The van der Waals surface area contributed by atoms with Crippen molar-refractivity contribution in [3.63, 3.8) is 0 Å². The van der Waals surface area contributed by atoms with Gasteiger partial charge in [0.1, 0.15) is 0 Å². The third kappa shape index (κ3) is 28.7. The lowest BCUT2D eigenvalue weighted by molar-refractivity contribution is -0.124. The standard InChI is InChI=1S/C37H69NO4/c1-3-5-7-9-11-13-14-15-16-17-18-19-20-21-23-25-27-29-31-36(41)35(33-39)38-37(42)32-34(40)30-28-26-24-22-12-10-8-6-4-2/h10,12,21,23,29,31,34-36,39-41H,3-9,11,13-20,22,24-28,30,32-33H2,1-2H3,(H,38,42)/b12-10-,23-21+,31-29+. The van der Waals surface area contributed by atoms with Gasteiger partial charge >= 0.3 is 0 Å². The molecule has 0 aromatic heterocycles. The molecule has 0 rings (SSSR count). The van der Waals surface area contributed by atoms with Gasteiger partial charge in [-0.05, 0) is 51.4 Å². The van der Waals surface area contributed by atoms with Crippen molar-refractivity contribution < 1.29 is 20.1 Å². The second-order valence-corrected chi connectivity index (χ2v) is 12.1. The van der Waals surface area contributed by atoms with E-state index < -0.39 is 18.2 Å². The molecule has 0 aliphatic heterocycles. The van der Waals surface area contributed by atoms with Crippen molar-refractivity contribution in [2.24, 2.45) is 0 Å². The molecule has 0 aliphatic carbocycles. The second-order valence-electron chi connectivity index (χ2n) is 12.1. The number of hydrogen-bond acceptors (Lipinski definition) is 4. The topological polar surface area (TPSA) is 89.8 Å². The van der Waals surface area contributed by atoms with Crippen molar-refractivity contribution in [3.05, 3.63) is 36.5 Å². The van der Waals surface area contributed by atoms with Gasteiger partial charge < -0.3 is 20.6 Å². The molecule has 0 saturated carbocycles. The van der Waals surface area contributed by atoms with Gasteiger partial charge in [0.25, 0.3) is 0 Å². The maximum Gasteiger partial charge on any atom is 0.222 e. The van der Waals surface area contributed by atoms with Crippen LogP contribution >= 0.6 is 0 Å². The van der Waals surface area contributed by atoms with Crippen LogP contribution in [0.15, 0.2) is 36.5 Å². The van der Waals surface area contributed by atoms with Gasteiger partial charge in [-0.25, -0.2) is 0 Å². The lowest BCUT2D eigenvalue weighted by Crippen LogP contribution is -2.45. The van der Waals surface area contributed by atoms with E-state index in [9.17, 15) is 20.1 Å². The first-order valence-corrected chi connectivity index (χ1v) is 17.8. The number of hydrogen-bond donors (Lipinski definition) is 4. The Morgan fingerprint density at radius 2 is 1.05 bits per heavy atom. The highest BCUT2D eigenvalue weighted by atomic mass is 16.3. The van der Waals surface area contributed by atoms with Crippen molar-refractivity contribution in [2.75, 3.05) is 6.61 Å². The highest BCUT2D eigenvalue weighted by Gasteiger charge is 2.20. The molecule has 5 heteroatoms. The number of amides is 1. The average molecular weight is 592 g/mol. The Morgan fingerprint density at radius 1 is 0.595 bits per heavy atom. The van der Waals surface area contributed by atoms with Crippen molar-refractivity contribution in [1.82, 2.24) is 5.32 Å². The molecule has 0 aliphatic rings. The lowest BCUT2D eigenvalue weighted by atomic mass is 10.0. The van der Waals surface area contributed by atoms with Gasteiger partial charge in [-0.2, -0.15) is 0 Å². The Balaban J connectivity index is 3.80. The van der Waals surface area contributed by atoms with E-state index in [-0.39, 0.29) is 18.9 Å². The summed E-state index contributed by atoms with van der Waals surface area (Å²) in [7, 11) is 0. The van der Waals surface area contributed by atoms with Crippen LogP contribution < -0.4 is 5.32 Å². The van der Waals surface area contributed by atoms with E-state index in [0.717, 1.165) is 51.4 Å². The molecule has 0 fully saturated rings. The fraction of sp³-hybridized carbons (Fsp3) is 0.811. The molecule has 1 amide bonds. The summed E-state index contributed by atoms with van der Waals surface area (Å²) in [5.74, 6) is -0.339. The molecule has 42 heavy (non-hydrogen) atoms. The summed E-state index contributed by atoms with van der Waals surface area (Å²) in [4.78, 5) is 12.3. The number of unbranched alkanes of at least 4 members (excludes halogenated alkanes) is 18. The fourth-order valence-corrected chi connectivity index (χ4v) is 5.10. The van der Waals surface area contributed by atoms with Crippen LogP contribution in [0, 0.1) is 0 Å². The zero-order valence-corrected chi connectivity index (χ0v) is 27.6. The Morgan fingerprint density at radius 3 is 1.60 bits per heavy atom. The van der Waals surface area contributed by atoms with E-state index >= 15 is 0 Å². The molecular formula is C37H69NO4. The van der Waals surface area contributed by atoms with Gasteiger partial charge in [-0.15, -0.1) is 0 Å². The van der Waals surface area contributed by atoms with Crippen LogP contribution in [0.5, 0.6) is 0 Å². The van der Waals surface area contributed by atoms with Crippen molar-refractivity contribution >= 4 is 5.91 Å². The van der Waals surface area contributed by atoms with Crippen LogP contribution in [0.4, 0.5) is 0 Å². The summed E-state index contributed by atoms with van der Waals surface area (Å²) in [6.07, 6.45) is 38.5. The fourth-order valence-electron chi connectivity index (χ4n) is 5.10. The van der Waals surface area contributed by atoms with Gasteiger partial charge in [0.15, 0.2) is 0 Å². The largest absolute Gasteiger partial charge is 0.394 e. The molecule has 4 N–H and O–H groups in total. The monoisotopic (exact) mass is 592 g/mol. The van der Waals surface area contributed by atoms with E-state index in [1.807, 2.05) is 6.08 Å². The Hall–Kier alpha value is -1.43. The summed E-state index contributed by atoms with van der Waals surface area (Å²) in [6, 6.07) is -0.762. The van der Waals surface area contributed by atoms with Gasteiger partial charge in [0, 0.05) is 0 Å². The third-order valence-electron chi connectivity index (χ3n) is 7.90. The number of rotatable bonds is 31. The van der Waals surface area contributed by atoms with Crippen LogP contribution in [0.3, 0.4) is 0 Å². The molecule has 3 atom stereocenters. The van der Waals surface area contributed by atoms with Gasteiger partial charge in [0.05, 0.1) is 31.3 Å². The van der Waals surface area contributed by atoms with E-state index in [4.69, 9.17) is 0 Å². The minimum Gasteiger partial charge on any atom is -0.394 e. The molecular weight excluding hydrogens is 522 g/mol. The minimum atomic E-state index is -0.952. The first-order valence-electron chi connectivity index (χ1n) is 17.8. The van der Waals surface area contributed by atoms with Crippen LogP contribution in [0.25, 0.3) is 0 Å². The maximum absolute atomic E-state index is 12.3. The highest BCUT2D eigenvalue weighted by Crippen LogP contribution is 2.13. The van der Waals surface area contributed by atoms with E-state index in [1.54, 1.807) is 6.08 Å².